The number of aromatic amines is 1. The van der Waals surface area contributed by atoms with Crippen LogP contribution in [0.25, 0.3) is 17.0 Å². The number of hydrogen-bond donors (Lipinski definition) is 2. The topological polar surface area (TPSA) is 44.0 Å². The van der Waals surface area contributed by atoms with Gasteiger partial charge in [0.15, 0.2) is 5.70 Å². The molecule has 0 amide bonds. The highest BCUT2D eigenvalue weighted by atomic mass is 79.9. The third-order valence-electron chi connectivity index (χ3n) is 4.95. The Bertz CT molecular complexity index is 1180. The minimum absolute atomic E-state index is 0.0735. The number of phenols is 1. The number of halogens is 3. The summed E-state index contributed by atoms with van der Waals surface area (Å²) in [4.78, 5) is 3.01. The minimum atomic E-state index is -4.06. The van der Waals surface area contributed by atoms with E-state index < -0.39 is 6.97 Å². The Hall–Kier alpha value is -2.87. The third kappa shape index (κ3) is 2.23. The number of phenolic OH excluding ortho intramolecular Hbond substituents is 1. The fourth-order valence-electron chi connectivity index (χ4n) is 3.81. The van der Waals surface area contributed by atoms with Crippen LogP contribution in [0.15, 0.2) is 71.0 Å². The maximum absolute atomic E-state index is 15.5. The SMILES string of the molecule is Oc1ccc(Br)c(C2=C3C=CC=[N+]3[B-](F)(F)n3c2ccc3-c2ccc[nH]2)c1. The van der Waals surface area contributed by atoms with Gasteiger partial charge in [0.05, 0.1) is 11.3 Å². The second-order valence-electron chi connectivity index (χ2n) is 6.49. The van der Waals surface area contributed by atoms with Crippen LogP contribution in [0.3, 0.4) is 0 Å². The predicted molar refractivity (Wildman–Crippen MR) is 105 cm³/mol. The molecule has 2 N–H and O–H groups in total. The van der Waals surface area contributed by atoms with E-state index in [9.17, 15) is 5.11 Å². The molecule has 4 heterocycles. The van der Waals surface area contributed by atoms with E-state index in [-0.39, 0.29) is 5.75 Å². The Morgan fingerprint density at radius 1 is 1.11 bits per heavy atom. The molecular weight excluding hydrogens is 415 g/mol. The van der Waals surface area contributed by atoms with Crippen molar-refractivity contribution in [1.82, 2.24) is 9.46 Å². The van der Waals surface area contributed by atoms with Crippen molar-refractivity contribution in [2.75, 3.05) is 0 Å². The van der Waals surface area contributed by atoms with Gasteiger partial charge in [-0.1, -0.05) is 15.9 Å². The Morgan fingerprint density at radius 2 is 1.93 bits per heavy atom. The lowest BCUT2D eigenvalue weighted by atomic mass is 9.86. The molecule has 4 nitrogen and oxygen atoms in total. The van der Waals surface area contributed by atoms with Crippen molar-refractivity contribution < 1.29 is 18.2 Å². The van der Waals surface area contributed by atoms with E-state index in [1.54, 1.807) is 60.8 Å². The molecule has 0 fully saturated rings. The Labute approximate surface area is 162 Å². The van der Waals surface area contributed by atoms with E-state index in [4.69, 9.17) is 0 Å². The Balaban J connectivity index is 1.87. The largest absolute Gasteiger partial charge is 0.737 e. The number of aromatic hydroxyl groups is 1. The van der Waals surface area contributed by atoms with Crippen LogP contribution in [0.5, 0.6) is 5.75 Å². The van der Waals surface area contributed by atoms with Crippen LogP contribution in [-0.4, -0.2) is 32.2 Å². The second kappa shape index (κ2) is 5.56. The molecule has 2 aliphatic rings. The second-order valence-corrected chi connectivity index (χ2v) is 7.34. The summed E-state index contributed by atoms with van der Waals surface area (Å²) in [5.41, 5.74) is 3.13. The van der Waals surface area contributed by atoms with Crippen LogP contribution in [0, 0.1) is 0 Å². The summed E-state index contributed by atoms with van der Waals surface area (Å²) >= 11 is 3.49. The fourth-order valence-corrected chi connectivity index (χ4v) is 4.25. The van der Waals surface area contributed by atoms with Gasteiger partial charge in [0.2, 0.25) is 0 Å². The zero-order valence-corrected chi connectivity index (χ0v) is 15.5. The molecule has 2 aliphatic heterocycles. The average molecular weight is 428 g/mol. The maximum atomic E-state index is 15.5. The van der Waals surface area contributed by atoms with Crippen molar-refractivity contribution in [1.29, 1.82) is 0 Å². The van der Waals surface area contributed by atoms with Crippen LogP contribution >= 0.6 is 15.9 Å². The van der Waals surface area contributed by atoms with Crippen molar-refractivity contribution in [3.63, 3.8) is 0 Å². The molecule has 0 spiro atoms. The summed E-state index contributed by atoms with van der Waals surface area (Å²) < 4.78 is 33.8. The number of rotatable bonds is 2. The first-order chi connectivity index (χ1) is 13.0. The van der Waals surface area contributed by atoms with E-state index in [2.05, 4.69) is 20.9 Å². The molecule has 0 aliphatic carbocycles. The number of nitrogens with zero attached hydrogens (tertiary/aromatic N) is 2. The van der Waals surface area contributed by atoms with Gasteiger partial charge in [0.25, 0.3) is 0 Å². The summed E-state index contributed by atoms with van der Waals surface area (Å²) in [5, 5.41) is 9.98. The minimum Gasteiger partial charge on any atom is -0.508 e. The summed E-state index contributed by atoms with van der Waals surface area (Å²) in [6, 6.07) is 11.8. The molecule has 134 valence electrons. The summed E-state index contributed by atoms with van der Waals surface area (Å²) in [7, 11) is 0. The van der Waals surface area contributed by atoms with Gasteiger partial charge in [-0.05, 0) is 42.5 Å². The Morgan fingerprint density at radius 3 is 2.70 bits per heavy atom. The van der Waals surface area contributed by atoms with Gasteiger partial charge in [0.1, 0.15) is 12.0 Å². The molecule has 8 heteroatoms. The van der Waals surface area contributed by atoms with Crippen LogP contribution in [0.2, 0.25) is 0 Å². The van der Waals surface area contributed by atoms with E-state index in [1.807, 2.05) is 0 Å². The molecule has 0 unspecified atom stereocenters. The quantitative estimate of drug-likeness (QED) is 0.576. The van der Waals surface area contributed by atoms with Gasteiger partial charge in [0, 0.05) is 39.8 Å². The molecule has 0 bridgehead atoms. The van der Waals surface area contributed by atoms with Crippen LogP contribution < -0.4 is 0 Å². The highest BCUT2D eigenvalue weighted by molar-refractivity contribution is 9.10. The zero-order chi connectivity index (χ0) is 18.8. The molecule has 0 radical (unpaired) electrons. The van der Waals surface area contributed by atoms with Gasteiger partial charge in [-0.3, -0.25) is 0 Å². The highest BCUT2D eigenvalue weighted by Crippen LogP contribution is 2.43. The van der Waals surface area contributed by atoms with Gasteiger partial charge >= 0.3 is 6.97 Å². The molecule has 3 aromatic rings. The monoisotopic (exact) mass is 427 g/mol. The average Bonchev–Trinajstić information content (AvgIpc) is 3.37. The van der Waals surface area contributed by atoms with E-state index in [0.29, 0.717) is 33.9 Å². The Kier molecular flexibility index (Phi) is 3.36. The number of benzene rings is 1. The summed E-state index contributed by atoms with van der Waals surface area (Å²) in [6.07, 6.45) is 6.39. The molecule has 5 rings (SSSR count). The van der Waals surface area contributed by atoms with Gasteiger partial charge in [-0.15, -0.1) is 0 Å². The van der Waals surface area contributed by atoms with Crippen molar-refractivity contribution in [3.05, 3.63) is 82.2 Å². The van der Waals surface area contributed by atoms with E-state index in [0.717, 1.165) is 13.4 Å². The molecule has 0 atom stereocenters. The number of nitrogens with one attached hydrogen (secondary N) is 1. The number of aromatic nitrogens is 2. The van der Waals surface area contributed by atoms with E-state index >= 15 is 8.63 Å². The van der Waals surface area contributed by atoms with Crippen molar-refractivity contribution >= 4 is 34.7 Å². The van der Waals surface area contributed by atoms with Crippen LogP contribution in [-0.2, 0) is 0 Å². The van der Waals surface area contributed by atoms with Crippen LogP contribution in [0.1, 0.15) is 11.3 Å². The fraction of sp³-hybridized carbons (Fsp3) is 0. The molecular formula is C19H13BBrF2N3O. The number of fused-ring (bicyclic) bond motifs is 2. The van der Waals surface area contributed by atoms with E-state index in [1.165, 1.54) is 6.21 Å². The molecule has 27 heavy (non-hydrogen) atoms. The number of H-pyrrole nitrogens is 1. The molecule has 0 saturated heterocycles. The molecule has 1 aromatic carbocycles. The highest BCUT2D eigenvalue weighted by Gasteiger charge is 2.53. The standard InChI is InChI=1S/C19H13BBrF2N3O/c21-14-6-5-12(27)11-13(14)19-17-4-2-10-25(17)20(22,23)26-16(7-8-18(19)26)15-3-1-9-24-15/h1-11,24,27H. The zero-order valence-electron chi connectivity index (χ0n) is 13.9. The molecule has 2 aromatic heterocycles. The lowest BCUT2D eigenvalue weighted by Gasteiger charge is -2.32. The van der Waals surface area contributed by atoms with Crippen molar-refractivity contribution in [2.24, 2.45) is 0 Å². The normalized spacial score (nSPS) is 17.1. The lowest BCUT2D eigenvalue weighted by molar-refractivity contribution is -0.356. The maximum Gasteiger partial charge on any atom is 0.737 e. The van der Waals surface area contributed by atoms with Crippen LogP contribution in [0.4, 0.5) is 8.63 Å². The van der Waals surface area contributed by atoms with Gasteiger partial charge in [-0.25, -0.2) is 0 Å². The number of hydrogen-bond acceptors (Lipinski definition) is 1. The summed E-state index contributed by atoms with van der Waals surface area (Å²) in [5.74, 6) is 0.0735. The first kappa shape index (κ1) is 16.3. The third-order valence-corrected chi connectivity index (χ3v) is 5.64. The van der Waals surface area contributed by atoms with Gasteiger partial charge < -0.3 is 27.7 Å². The summed E-state index contributed by atoms with van der Waals surface area (Å²) in [6.45, 7) is -4.06. The smallest absolute Gasteiger partial charge is 0.508 e. The van der Waals surface area contributed by atoms with Crippen molar-refractivity contribution in [3.8, 4) is 17.1 Å². The number of allylic oxidation sites excluding steroid dienone is 2. The lowest BCUT2D eigenvalue weighted by Crippen LogP contribution is -2.49. The first-order valence-corrected chi connectivity index (χ1v) is 9.19. The molecule has 0 saturated carbocycles. The van der Waals surface area contributed by atoms with Crippen molar-refractivity contribution in [2.45, 2.75) is 0 Å². The first-order valence-electron chi connectivity index (χ1n) is 8.39. The van der Waals surface area contributed by atoms with Gasteiger partial charge in [-0.2, -0.15) is 0 Å². The predicted octanol–water partition coefficient (Wildman–Crippen LogP) is 4.60.